The molecule has 2 heterocycles. The third-order valence-electron chi connectivity index (χ3n) is 3.47. The lowest BCUT2D eigenvalue weighted by Gasteiger charge is -2.10. The Morgan fingerprint density at radius 3 is 3.05 bits per heavy atom. The molecule has 2 N–H and O–H groups in total. The van der Waals surface area contributed by atoms with Gasteiger partial charge < -0.3 is 15.2 Å². The maximum Gasteiger partial charge on any atom is 0.337 e. The first-order valence-corrected chi connectivity index (χ1v) is 6.03. The Morgan fingerprint density at radius 2 is 2.32 bits per heavy atom. The number of hydrogen-bond acceptors (Lipinski definition) is 5. The molecule has 5 heteroatoms. The lowest BCUT2D eigenvalue weighted by Crippen LogP contribution is -2.04. The summed E-state index contributed by atoms with van der Waals surface area (Å²) < 4.78 is 10.3. The number of nitrogen functional groups attached to an aromatic ring is 1. The van der Waals surface area contributed by atoms with Gasteiger partial charge in [-0.1, -0.05) is 0 Å². The van der Waals surface area contributed by atoms with E-state index < -0.39 is 0 Å². The van der Waals surface area contributed by atoms with Crippen LogP contribution in [0.25, 0.3) is 10.9 Å². The summed E-state index contributed by atoms with van der Waals surface area (Å²) in [4.78, 5) is 16.0. The van der Waals surface area contributed by atoms with Gasteiger partial charge in [-0.25, -0.2) is 9.78 Å². The Kier molecular flexibility index (Phi) is 2.64. The second-order valence-corrected chi connectivity index (χ2v) is 4.57. The van der Waals surface area contributed by atoms with Crippen LogP contribution in [0.5, 0.6) is 0 Å². The first-order chi connectivity index (χ1) is 9.11. The van der Waals surface area contributed by atoms with E-state index in [2.05, 4.69) is 4.98 Å². The number of anilines is 1. The Hall–Kier alpha value is -2.14. The van der Waals surface area contributed by atoms with Crippen molar-refractivity contribution in [2.45, 2.75) is 19.6 Å². The van der Waals surface area contributed by atoms with Crippen molar-refractivity contribution in [2.75, 3.05) is 12.8 Å². The fourth-order valence-corrected chi connectivity index (χ4v) is 2.51. The Balaban J connectivity index is 2.28. The van der Waals surface area contributed by atoms with Crippen LogP contribution in [-0.4, -0.2) is 18.1 Å². The molecule has 0 unspecified atom stereocenters. The van der Waals surface area contributed by atoms with E-state index in [9.17, 15) is 4.79 Å². The minimum atomic E-state index is -0.362. The second-order valence-electron chi connectivity index (χ2n) is 4.57. The summed E-state index contributed by atoms with van der Waals surface area (Å²) in [6, 6.07) is 5.25. The maximum atomic E-state index is 11.6. The van der Waals surface area contributed by atoms with Gasteiger partial charge in [0.05, 0.1) is 30.9 Å². The number of esters is 1. The van der Waals surface area contributed by atoms with Crippen LogP contribution < -0.4 is 5.73 Å². The number of nitrogens with two attached hydrogens (primary N) is 1. The summed E-state index contributed by atoms with van der Waals surface area (Å²) in [5.74, 6) is 0.137. The van der Waals surface area contributed by atoms with E-state index >= 15 is 0 Å². The number of fused-ring (bicyclic) bond motifs is 3. The number of ether oxygens (including phenoxy) is 2. The summed E-state index contributed by atoms with van der Waals surface area (Å²) in [6.07, 6.45) is -0.0614. The van der Waals surface area contributed by atoms with Gasteiger partial charge in [-0.2, -0.15) is 0 Å². The van der Waals surface area contributed by atoms with Crippen molar-refractivity contribution < 1.29 is 14.3 Å². The smallest absolute Gasteiger partial charge is 0.337 e. The van der Waals surface area contributed by atoms with Gasteiger partial charge in [-0.05, 0) is 30.7 Å². The van der Waals surface area contributed by atoms with E-state index in [1.165, 1.54) is 7.11 Å². The average molecular weight is 258 g/mol. The van der Waals surface area contributed by atoms with Crippen LogP contribution >= 0.6 is 0 Å². The van der Waals surface area contributed by atoms with Gasteiger partial charge >= 0.3 is 5.97 Å². The average Bonchev–Trinajstić information content (AvgIpc) is 2.81. The highest BCUT2D eigenvalue weighted by molar-refractivity contribution is 5.96. The highest BCUT2D eigenvalue weighted by Gasteiger charge is 2.25. The number of aromatic nitrogens is 1. The largest absolute Gasteiger partial charge is 0.465 e. The summed E-state index contributed by atoms with van der Waals surface area (Å²) in [7, 11) is 1.36. The lowest BCUT2D eigenvalue weighted by atomic mass is 10.0. The number of hydrogen-bond donors (Lipinski definition) is 1. The van der Waals surface area contributed by atoms with Crippen LogP contribution in [0.15, 0.2) is 18.2 Å². The summed E-state index contributed by atoms with van der Waals surface area (Å²) in [6.45, 7) is 2.43. The number of nitrogens with zero attached hydrogens (tertiary/aromatic N) is 1. The number of pyridine rings is 1. The predicted molar refractivity (Wildman–Crippen MR) is 70.7 cm³/mol. The van der Waals surface area contributed by atoms with Crippen LogP contribution in [0.4, 0.5) is 5.82 Å². The molecule has 0 saturated carbocycles. The molecule has 1 aliphatic rings. The fraction of sp³-hybridized carbons (Fsp3) is 0.286. The molecule has 0 fully saturated rings. The standard InChI is InChI=1S/C14H14N2O3/c1-7-12-10(6-19-7)9-5-8(14(17)18-2)3-4-11(9)16-13(12)15/h3-5,7H,6H2,1-2H3,(H2,15,16)/t7-/m1/s1. The molecule has 1 aromatic carbocycles. The molecule has 1 atom stereocenters. The Morgan fingerprint density at radius 1 is 1.53 bits per heavy atom. The van der Waals surface area contributed by atoms with Crippen molar-refractivity contribution >= 4 is 22.7 Å². The van der Waals surface area contributed by atoms with Crippen molar-refractivity contribution in [1.29, 1.82) is 0 Å². The van der Waals surface area contributed by atoms with E-state index in [0.29, 0.717) is 18.0 Å². The van der Waals surface area contributed by atoms with Gasteiger partial charge in [0.2, 0.25) is 0 Å². The lowest BCUT2D eigenvalue weighted by molar-refractivity contribution is 0.0601. The molecule has 0 bridgehead atoms. The van der Waals surface area contributed by atoms with Gasteiger partial charge in [0, 0.05) is 10.9 Å². The third kappa shape index (κ3) is 1.74. The fourth-order valence-electron chi connectivity index (χ4n) is 2.51. The van der Waals surface area contributed by atoms with Crippen molar-refractivity contribution in [3.05, 3.63) is 34.9 Å². The molecule has 3 rings (SSSR count). The molecule has 1 aromatic heterocycles. The molecule has 5 nitrogen and oxygen atoms in total. The quantitative estimate of drug-likeness (QED) is 0.794. The molecule has 0 spiro atoms. The number of carbonyl (C=O) groups excluding carboxylic acids is 1. The van der Waals surface area contributed by atoms with Gasteiger partial charge in [-0.15, -0.1) is 0 Å². The van der Waals surface area contributed by atoms with Crippen LogP contribution in [0.2, 0.25) is 0 Å². The van der Waals surface area contributed by atoms with Crippen LogP contribution in [0, 0.1) is 0 Å². The van der Waals surface area contributed by atoms with E-state index in [1.807, 2.05) is 6.92 Å². The zero-order chi connectivity index (χ0) is 13.6. The molecule has 0 amide bonds. The minimum Gasteiger partial charge on any atom is -0.465 e. The zero-order valence-corrected chi connectivity index (χ0v) is 10.8. The van der Waals surface area contributed by atoms with E-state index in [0.717, 1.165) is 22.0 Å². The number of carbonyl (C=O) groups is 1. The van der Waals surface area contributed by atoms with Crippen molar-refractivity contribution in [3.8, 4) is 0 Å². The maximum absolute atomic E-state index is 11.6. The normalized spacial score (nSPS) is 17.5. The molecule has 0 radical (unpaired) electrons. The van der Waals surface area contributed by atoms with Gasteiger partial charge in [-0.3, -0.25) is 0 Å². The number of rotatable bonds is 1. The van der Waals surface area contributed by atoms with Gasteiger partial charge in [0.15, 0.2) is 0 Å². The molecule has 19 heavy (non-hydrogen) atoms. The van der Waals surface area contributed by atoms with Gasteiger partial charge in [0.1, 0.15) is 5.82 Å². The summed E-state index contributed by atoms with van der Waals surface area (Å²) >= 11 is 0. The van der Waals surface area contributed by atoms with Crippen LogP contribution in [-0.2, 0) is 16.1 Å². The molecule has 98 valence electrons. The molecule has 1 aliphatic heterocycles. The monoisotopic (exact) mass is 258 g/mol. The van der Waals surface area contributed by atoms with E-state index in [4.69, 9.17) is 15.2 Å². The molecule has 0 saturated heterocycles. The zero-order valence-electron chi connectivity index (χ0n) is 10.8. The first-order valence-electron chi connectivity index (χ1n) is 6.03. The van der Waals surface area contributed by atoms with Crippen molar-refractivity contribution in [2.24, 2.45) is 0 Å². The molecular formula is C14H14N2O3. The van der Waals surface area contributed by atoms with Gasteiger partial charge in [0.25, 0.3) is 0 Å². The van der Waals surface area contributed by atoms with E-state index in [-0.39, 0.29) is 12.1 Å². The molecule has 2 aromatic rings. The second kappa shape index (κ2) is 4.20. The van der Waals surface area contributed by atoms with Crippen LogP contribution in [0.3, 0.4) is 0 Å². The minimum absolute atomic E-state index is 0.0614. The highest BCUT2D eigenvalue weighted by atomic mass is 16.5. The van der Waals surface area contributed by atoms with Crippen molar-refractivity contribution in [3.63, 3.8) is 0 Å². The third-order valence-corrected chi connectivity index (χ3v) is 3.47. The summed E-state index contributed by atoms with van der Waals surface area (Å²) in [5, 5.41) is 0.899. The molecule has 0 aliphatic carbocycles. The molecular weight excluding hydrogens is 244 g/mol. The SMILES string of the molecule is COC(=O)c1ccc2nc(N)c3c(c2c1)CO[C@@H]3C. The van der Waals surface area contributed by atoms with Crippen LogP contribution in [0.1, 0.15) is 34.5 Å². The number of methoxy groups -OCH3 is 1. The topological polar surface area (TPSA) is 74.4 Å². The van der Waals surface area contributed by atoms with Crippen molar-refractivity contribution in [1.82, 2.24) is 4.98 Å². The Labute approximate surface area is 110 Å². The highest BCUT2D eigenvalue weighted by Crippen LogP contribution is 2.38. The predicted octanol–water partition coefficient (Wildman–Crippen LogP) is 2.19. The number of benzene rings is 1. The summed E-state index contributed by atoms with van der Waals surface area (Å²) in [5.41, 5.74) is 9.18. The Bertz CT molecular complexity index is 682. The first kappa shape index (κ1) is 11.9. The van der Waals surface area contributed by atoms with E-state index in [1.54, 1.807) is 18.2 Å².